The molecule has 1 aliphatic heterocycles. The van der Waals surface area contributed by atoms with E-state index in [9.17, 15) is 23.3 Å². The number of nitro benzene ring substituents is 1. The van der Waals surface area contributed by atoms with E-state index in [-0.39, 0.29) is 42.6 Å². The van der Waals surface area contributed by atoms with Crippen LogP contribution in [0.1, 0.15) is 21.5 Å². The van der Waals surface area contributed by atoms with Crippen molar-refractivity contribution in [1.82, 2.24) is 4.31 Å². The average Bonchev–Trinajstić information content (AvgIpc) is 2.97. The number of nitrogens with zero attached hydrogens (tertiary/aromatic N) is 3. The van der Waals surface area contributed by atoms with Crippen molar-refractivity contribution in [2.45, 2.75) is 11.5 Å². The van der Waals surface area contributed by atoms with E-state index < -0.39 is 20.9 Å². The molecule has 39 heavy (non-hydrogen) atoms. The maximum atomic E-state index is 13.2. The summed E-state index contributed by atoms with van der Waals surface area (Å²) in [7, 11) is -2.69. The minimum atomic E-state index is -4.01. The largest absolute Gasteiger partial charge is 0.489 e. The molecule has 1 heterocycles. The van der Waals surface area contributed by atoms with Gasteiger partial charge < -0.3 is 14.2 Å². The van der Waals surface area contributed by atoms with Crippen molar-refractivity contribution in [3.8, 4) is 5.75 Å². The Morgan fingerprint density at radius 1 is 1.10 bits per heavy atom. The molecule has 1 saturated heterocycles. The monoisotopic (exact) mass is 554 g/mol. The van der Waals surface area contributed by atoms with Crippen molar-refractivity contribution in [2.75, 3.05) is 38.8 Å². The number of nitrogens with one attached hydrogen (secondary N) is 1. The molecule has 0 atom stereocenters. The summed E-state index contributed by atoms with van der Waals surface area (Å²) in [4.78, 5) is 21.9. The number of anilines is 1. The van der Waals surface area contributed by atoms with E-state index in [4.69, 9.17) is 9.47 Å². The van der Waals surface area contributed by atoms with Gasteiger partial charge in [0.05, 0.1) is 42.7 Å². The molecule has 204 valence electrons. The topological polar surface area (TPSA) is 150 Å². The Morgan fingerprint density at radius 2 is 1.79 bits per heavy atom. The van der Waals surface area contributed by atoms with Gasteiger partial charge in [-0.1, -0.05) is 12.1 Å². The number of carbonyl (C=O) groups is 1. The van der Waals surface area contributed by atoms with Gasteiger partial charge in [-0.2, -0.15) is 9.41 Å². The number of non-ortho nitro benzene ring substituents is 1. The Kier molecular flexibility index (Phi) is 8.86. The molecule has 0 amide bonds. The zero-order valence-electron chi connectivity index (χ0n) is 21.0. The minimum Gasteiger partial charge on any atom is -0.489 e. The van der Waals surface area contributed by atoms with Crippen LogP contribution in [-0.2, 0) is 26.1 Å². The quantitative estimate of drug-likeness (QED) is 0.172. The second-order valence-electron chi connectivity index (χ2n) is 8.37. The molecule has 1 aliphatic rings. The lowest BCUT2D eigenvalue weighted by molar-refractivity contribution is -0.385. The average molecular weight is 555 g/mol. The van der Waals surface area contributed by atoms with Crippen LogP contribution in [0.5, 0.6) is 5.75 Å². The smallest absolute Gasteiger partial charge is 0.337 e. The third kappa shape index (κ3) is 6.96. The van der Waals surface area contributed by atoms with E-state index in [1.165, 1.54) is 29.8 Å². The first-order valence-corrected chi connectivity index (χ1v) is 13.3. The molecule has 0 saturated carbocycles. The van der Waals surface area contributed by atoms with Crippen LogP contribution < -0.4 is 10.2 Å². The molecule has 0 aliphatic carbocycles. The fourth-order valence-electron chi connectivity index (χ4n) is 3.70. The molecule has 1 fully saturated rings. The van der Waals surface area contributed by atoms with Gasteiger partial charge in [-0.05, 0) is 53.6 Å². The van der Waals surface area contributed by atoms with Gasteiger partial charge in [0.15, 0.2) is 0 Å². The van der Waals surface area contributed by atoms with Crippen LogP contribution in [0.2, 0.25) is 0 Å². The lowest BCUT2D eigenvalue weighted by atomic mass is 10.1. The number of rotatable bonds is 10. The maximum Gasteiger partial charge on any atom is 0.337 e. The first-order valence-electron chi connectivity index (χ1n) is 11.8. The number of morpholine rings is 1. The van der Waals surface area contributed by atoms with Crippen molar-refractivity contribution in [3.05, 3.63) is 93.5 Å². The van der Waals surface area contributed by atoms with Gasteiger partial charge in [0, 0.05) is 25.2 Å². The van der Waals surface area contributed by atoms with Gasteiger partial charge in [-0.3, -0.25) is 15.5 Å². The highest BCUT2D eigenvalue weighted by molar-refractivity contribution is 7.89. The summed E-state index contributed by atoms with van der Waals surface area (Å²) in [5.74, 6) is 0.212. The second-order valence-corrected chi connectivity index (χ2v) is 10.3. The summed E-state index contributed by atoms with van der Waals surface area (Å²) in [6.07, 6.45) is 1.49. The van der Waals surface area contributed by atoms with Crippen LogP contribution in [0, 0.1) is 10.1 Å². The zero-order valence-corrected chi connectivity index (χ0v) is 21.8. The maximum absolute atomic E-state index is 13.2. The summed E-state index contributed by atoms with van der Waals surface area (Å²) in [5.41, 5.74) is 4.51. The van der Waals surface area contributed by atoms with E-state index in [0.717, 1.165) is 11.6 Å². The lowest BCUT2D eigenvalue weighted by Gasteiger charge is -2.26. The van der Waals surface area contributed by atoms with E-state index >= 15 is 0 Å². The van der Waals surface area contributed by atoms with Crippen LogP contribution in [0.25, 0.3) is 0 Å². The molecule has 0 unspecified atom stereocenters. The number of methoxy groups -OCH3 is 1. The van der Waals surface area contributed by atoms with Crippen molar-refractivity contribution in [1.29, 1.82) is 0 Å². The van der Waals surface area contributed by atoms with E-state index in [1.54, 1.807) is 48.5 Å². The molecule has 3 aromatic carbocycles. The number of carbonyl (C=O) groups excluding carboxylic acids is 1. The van der Waals surface area contributed by atoms with Gasteiger partial charge in [0.1, 0.15) is 17.3 Å². The Labute approximate surface area is 225 Å². The molecule has 13 heteroatoms. The molecule has 4 rings (SSSR count). The summed E-state index contributed by atoms with van der Waals surface area (Å²) < 4.78 is 43.3. The van der Waals surface area contributed by atoms with Gasteiger partial charge in [0.25, 0.3) is 5.69 Å². The molecular weight excluding hydrogens is 528 g/mol. The van der Waals surface area contributed by atoms with Crippen molar-refractivity contribution < 1.29 is 32.3 Å². The Bertz CT molecular complexity index is 1450. The molecular formula is C26H26N4O8S. The SMILES string of the molecule is COC(=O)c1ccc(COc2ccc(/C=N\Nc3ccc([N+](=O)[O-])cc3S(=O)(=O)N3CCOCC3)cc2)cc1. The highest BCUT2D eigenvalue weighted by Crippen LogP contribution is 2.29. The molecule has 0 aromatic heterocycles. The number of hydrogen-bond donors (Lipinski definition) is 1. The Morgan fingerprint density at radius 3 is 2.44 bits per heavy atom. The van der Waals surface area contributed by atoms with Gasteiger partial charge in [-0.25, -0.2) is 13.2 Å². The van der Waals surface area contributed by atoms with Gasteiger partial charge >= 0.3 is 5.97 Å². The van der Waals surface area contributed by atoms with Crippen LogP contribution in [-0.4, -0.2) is 63.2 Å². The summed E-state index contributed by atoms with van der Waals surface area (Å²) >= 11 is 0. The van der Waals surface area contributed by atoms with E-state index in [1.807, 2.05) is 0 Å². The number of ether oxygens (including phenoxy) is 3. The van der Waals surface area contributed by atoms with Crippen LogP contribution in [0.3, 0.4) is 0 Å². The fraction of sp³-hybridized carbons (Fsp3) is 0.231. The zero-order chi connectivity index (χ0) is 27.8. The molecule has 3 aromatic rings. The number of esters is 1. The summed E-state index contributed by atoms with van der Waals surface area (Å²) in [5, 5.41) is 15.4. The van der Waals surface area contributed by atoms with Gasteiger partial charge in [0.2, 0.25) is 10.0 Å². The van der Waals surface area contributed by atoms with Crippen molar-refractivity contribution >= 4 is 33.6 Å². The van der Waals surface area contributed by atoms with E-state index in [2.05, 4.69) is 15.3 Å². The third-order valence-corrected chi connectivity index (χ3v) is 7.76. The Hall–Kier alpha value is -4.33. The fourth-order valence-corrected chi connectivity index (χ4v) is 5.27. The molecule has 0 bridgehead atoms. The first-order chi connectivity index (χ1) is 18.8. The van der Waals surface area contributed by atoms with Gasteiger partial charge in [-0.15, -0.1) is 0 Å². The standard InChI is InChI=1S/C26H26N4O8S/c1-36-26(31)21-6-2-20(3-7-21)18-38-23-9-4-19(5-10-23)17-27-28-24-11-8-22(30(32)33)16-25(24)39(34,35)29-12-14-37-15-13-29/h2-11,16-17,28H,12-15,18H2,1H3/b27-17-. The predicted octanol–water partition coefficient (Wildman–Crippen LogP) is 3.43. The summed E-state index contributed by atoms with van der Waals surface area (Å²) in [6, 6.07) is 17.5. The first kappa shape index (κ1) is 27.7. The third-order valence-electron chi connectivity index (χ3n) is 5.82. The molecule has 0 spiro atoms. The summed E-state index contributed by atoms with van der Waals surface area (Å²) in [6.45, 7) is 1.10. The normalized spacial score (nSPS) is 14.2. The van der Waals surface area contributed by atoms with Crippen LogP contribution in [0.15, 0.2) is 76.7 Å². The predicted molar refractivity (Wildman–Crippen MR) is 142 cm³/mol. The van der Waals surface area contributed by atoms with Crippen LogP contribution >= 0.6 is 0 Å². The number of nitro groups is 1. The van der Waals surface area contributed by atoms with Crippen LogP contribution in [0.4, 0.5) is 11.4 Å². The number of benzene rings is 3. The highest BCUT2D eigenvalue weighted by atomic mass is 32.2. The number of hydrogen-bond acceptors (Lipinski definition) is 10. The molecule has 12 nitrogen and oxygen atoms in total. The molecule has 0 radical (unpaired) electrons. The Balaban J connectivity index is 1.41. The van der Waals surface area contributed by atoms with Crippen molar-refractivity contribution in [3.63, 3.8) is 0 Å². The minimum absolute atomic E-state index is 0.113. The number of hydrazone groups is 1. The lowest BCUT2D eigenvalue weighted by Crippen LogP contribution is -2.40. The second kappa shape index (κ2) is 12.5. The number of sulfonamides is 1. The van der Waals surface area contributed by atoms with Crippen molar-refractivity contribution in [2.24, 2.45) is 5.10 Å². The molecule has 1 N–H and O–H groups in total. The highest BCUT2D eigenvalue weighted by Gasteiger charge is 2.30. The van der Waals surface area contributed by atoms with E-state index in [0.29, 0.717) is 23.5 Å².